The minimum atomic E-state index is -3.65. The summed E-state index contributed by atoms with van der Waals surface area (Å²) in [5.41, 5.74) is 0. The lowest BCUT2D eigenvalue weighted by atomic mass is 10.3. The molecule has 0 N–H and O–H groups in total. The molecule has 1 aromatic rings. The summed E-state index contributed by atoms with van der Waals surface area (Å²) in [6, 6.07) is 4.80. The van der Waals surface area contributed by atoms with Gasteiger partial charge in [0, 0.05) is 39.3 Å². The zero-order chi connectivity index (χ0) is 17.9. The Balaban J connectivity index is 1.55. The second-order valence-electron chi connectivity index (χ2n) is 6.13. The molecule has 2 aliphatic rings. The van der Waals surface area contributed by atoms with Crippen LogP contribution in [0, 0.1) is 5.82 Å². The third-order valence-electron chi connectivity index (χ3n) is 4.51. The molecule has 0 spiro atoms. The number of piperazine rings is 1. The summed E-state index contributed by atoms with van der Waals surface area (Å²) in [6.07, 6.45) is 0. The van der Waals surface area contributed by atoms with Crippen molar-refractivity contribution in [1.82, 2.24) is 14.1 Å². The Hall–Kier alpha value is -1.55. The van der Waals surface area contributed by atoms with Gasteiger partial charge in [0.1, 0.15) is 5.82 Å². The Morgan fingerprint density at radius 1 is 1.00 bits per heavy atom. The van der Waals surface area contributed by atoms with Gasteiger partial charge >= 0.3 is 0 Å². The van der Waals surface area contributed by atoms with E-state index in [4.69, 9.17) is 4.74 Å². The molecule has 0 unspecified atom stereocenters. The van der Waals surface area contributed by atoms with E-state index in [0.29, 0.717) is 32.8 Å². The van der Waals surface area contributed by atoms with E-state index in [-0.39, 0.29) is 23.9 Å². The van der Waals surface area contributed by atoms with Crippen LogP contribution in [0.3, 0.4) is 0 Å². The highest BCUT2D eigenvalue weighted by atomic mass is 32.2. The number of sulfonamides is 1. The molecule has 0 aromatic heterocycles. The molecular weight excluding hydrogens is 349 g/mol. The van der Waals surface area contributed by atoms with Crippen LogP contribution in [-0.4, -0.2) is 87.5 Å². The predicted octanol–water partition coefficient (Wildman–Crippen LogP) is -0.00920. The largest absolute Gasteiger partial charge is 0.379 e. The Morgan fingerprint density at radius 2 is 1.60 bits per heavy atom. The normalized spacial score (nSPS) is 20.6. The fourth-order valence-electron chi connectivity index (χ4n) is 2.98. The van der Waals surface area contributed by atoms with Gasteiger partial charge in [-0.3, -0.25) is 9.69 Å². The molecular formula is C16H22FN3O4S. The van der Waals surface area contributed by atoms with Gasteiger partial charge in [0.2, 0.25) is 15.9 Å². The highest BCUT2D eigenvalue weighted by molar-refractivity contribution is 7.89. The quantitative estimate of drug-likeness (QED) is 0.745. The minimum absolute atomic E-state index is 0.0146. The van der Waals surface area contributed by atoms with Crippen LogP contribution in [0.5, 0.6) is 0 Å². The third-order valence-corrected chi connectivity index (χ3v) is 6.42. The summed E-state index contributed by atoms with van der Waals surface area (Å²) < 4.78 is 44.7. The Labute approximate surface area is 147 Å². The lowest BCUT2D eigenvalue weighted by Gasteiger charge is -2.35. The summed E-state index contributed by atoms with van der Waals surface area (Å²) in [7, 11) is -3.65. The van der Waals surface area contributed by atoms with Crippen LogP contribution in [-0.2, 0) is 19.6 Å². The van der Waals surface area contributed by atoms with Crippen LogP contribution in [0.25, 0.3) is 0 Å². The van der Waals surface area contributed by atoms with Crippen LogP contribution in [0.4, 0.5) is 4.39 Å². The van der Waals surface area contributed by atoms with E-state index in [1.165, 1.54) is 16.4 Å². The molecule has 25 heavy (non-hydrogen) atoms. The maximum atomic E-state index is 13.0. The van der Waals surface area contributed by atoms with Crippen LogP contribution in [0.2, 0.25) is 0 Å². The number of carbonyl (C=O) groups is 1. The molecule has 2 saturated heterocycles. The van der Waals surface area contributed by atoms with E-state index >= 15 is 0 Å². The second-order valence-corrected chi connectivity index (χ2v) is 8.07. The van der Waals surface area contributed by atoms with E-state index in [2.05, 4.69) is 0 Å². The average Bonchev–Trinajstić information content (AvgIpc) is 2.63. The number of nitrogens with zero attached hydrogens (tertiary/aromatic N) is 3. The average molecular weight is 371 g/mol. The van der Waals surface area contributed by atoms with Crippen molar-refractivity contribution in [3.63, 3.8) is 0 Å². The van der Waals surface area contributed by atoms with Gasteiger partial charge in [-0.05, 0) is 24.3 Å². The Bertz CT molecular complexity index is 697. The Kier molecular flexibility index (Phi) is 5.67. The lowest BCUT2D eigenvalue weighted by molar-refractivity contribution is -0.134. The van der Waals surface area contributed by atoms with Crippen molar-refractivity contribution >= 4 is 15.9 Å². The third kappa shape index (κ3) is 4.35. The molecule has 0 saturated carbocycles. The van der Waals surface area contributed by atoms with Gasteiger partial charge in [0.05, 0.1) is 24.7 Å². The van der Waals surface area contributed by atoms with E-state index in [1.807, 2.05) is 4.90 Å². The van der Waals surface area contributed by atoms with Gasteiger partial charge in [-0.2, -0.15) is 4.31 Å². The molecule has 3 rings (SSSR count). The highest BCUT2D eigenvalue weighted by Crippen LogP contribution is 2.18. The molecule has 0 atom stereocenters. The smallest absolute Gasteiger partial charge is 0.243 e. The van der Waals surface area contributed by atoms with Crippen molar-refractivity contribution in [3.05, 3.63) is 30.1 Å². The van der Waals surface area contributed by atoms with E-state index in [9.17, 15) is 17.6 Å². The molecule has 2 fully saturated rings. The molecule has 2 aliphatic heterocycles. The zero-order valence-electron chi connectivity index (χ0n) is 13.9. The van der Waals surface area contributed by atoms with Crippen molar-refractivity contribution < 1.29 is 22.3 Å². The van der Waals surface area contributed by atoms with Gasteiger partial charge in [0.25, 0.3) is 0 Å². The number of ether oxygens (including phenoxy) is 1. The molecule has 2 heterocycles. The number of amides is 1. The number of halogens is 1. The first-order valence-corrected chi connectivity index (χ1v) is 9.74. The minimum Gasteiger partial charge on any atom is -0.379 e. The topological polar surface area (TPSA) is 70.2 Å². The first kappa shape index (κ1) is 18.2. The number of hydrogen-bond acceptors (Lipinski definition) is 5. The number of hydrogen-bond donors (Lipinski definition) is 0. The lowest BCUT2D eigenvalue weighted by Crippen LogP contribution is -2.53. The summed E-state index contributed by atoms with van der Waals surface area (Å²) in [6.45, 7) is 4.31. The van der Waals surface area contributed by atoms with Crippen LogP contribution in [0.1, 0.15) is 0 Å². The highest BCUT2D eigenvalue weighted by Gasteiger charge is 2.30. The van der Waals surface area contributed by atoms with Gasteiger partial charge in [-0.25, -0.2) is 12.8 Å². The molecule has 138 valence electrons. The van der Waals surface area contributed by atoms with Crippen LogP contribution >= 0.6 is 0 Å². The fraction of sp³-hybridized carbons (Fsp3) is 0.562. The van der Waals surface area contributed by atoms with Crippen molar-refractivity contribution in [1.29, 1.82) is 0 Å². The Morgan fingerprint density at radius 3 is 2.20 bits per heavy atom. The number of benzene rings is 1. The molecule has 9 heteroatoms. The summed E-state index contributed by atoms with van der Waals surface area (Å²) in [5.74, 6) is -0.460. The molecule has 1 aromatic carbocycles. The summed E-state index contributed by atoms with van der Waals surface area (Å²) >= 11 is 0. The maximum absolute atomic E-state index is 13.0. The van der Waals surface area contributed by atoms with Gasteiger partial charge < -0.3 is 9.64 Å². The molecule has 0 radical (unpaired) electrons. The predicted molar refractivity (Wildman–Crippen MR) is 89.0 cm³/mol. The van der Waals surface area contributed by atoms with E-state index in [1.54, 1.807) is 4.90 Å². The fourth-order valence-corrected chi connectivity index (χ4v) is 4.41. The number of morpholine rings is 1. The summed E-state index contributed by atoms with van der Waals surface area (Å²) in [5, 5.41) is 0. The molecule has 7 nitrogen and oxygen atoms in total. The molecule has 0 bridgehead atoms. The molecule has 0 aliphatic carbocycles. The zero-order valence-corrected chi connectivity index (χ0v) is 14.8. The van der Waals surface area contributed by atoms with Crippen molar-refractivity contribution in [2.24, 2.45) is 0 Å². The van der Waals surface area contributed by atoms with Crippen molar-refractivity contribution in [2.75, 3.05) is 59.0 Å². The van der Waals surface area contributed by atoms with Crippen LogP contribution < -0.4 is 0 Å². The summed E-state index contributed by atoms with van der Waals surface area (Å²) in [4.78, 5) is 16.2. The SMILES string of the molecule is O=C(CN1CCOCC1)N1CCN(S(=O)(=O)c2ccc(F)cc2)CC1. The van der Waals surface area contributed by atoms with Gasteiger partial charge in [-0.1, -0.05) is 0 Å². The number of rotatable bonds is 4. The van der Waals surface area contributed by atoms with E-state index in [0.717, 1.165) is 25.2 Å². The first-order valence-electron chi connectivity index (χ1n) is 8.30. The second kappa shape index (κ2) is 7.77. The number of carbonyl (C=O) groups excluding carboxylic acids is 1. The van der Waals surface area contributed by atoms with Gasteiger partial charge in [0.15, 0.2) is 0 Å². The standard InChI is InChI=1S/C16H22FN3O4S/c17-14-1-3-15(4-2-14)25(22,23)20-7-5-19(6-8-20)16(21)13-18-9-11-24-12-10-18/h1-4H,5-13H2. The van der Waals surface area contributed by atoms with Gasteiger partial charge in [-0.15, -0.1) is 0 Å². The first-order chi connectivity index (χ1) is 12.0. The van der Waals surface area contributed by atoms with E-state index < -0.39 is 15.8 Å². The maximum Gasteiger partial charge on any atom is 0.243 e. The van der Waals surface area contributed by atoms with Crippen molar-refractivity contribution in [3.8, 4) is 0 Å². The molecule has 1 amide bonds. The van der Waals surface area contributed by atoms with Crippen LogP contribution in [0.15, 0.2) is 29.2 Å². The van der Waals surface area contributed by atoms with Crippen molar-refractivity contribution in [2.45, 2.75) is 4.90 Å². The monoisotopic (exact) mass is 371 g/mol.